The number of aromatic nitrogens is 2. The highest BCUT2D eigenvalue weighted by Gasteiger charge is 2.17. The second kappa shape index (κ2) is 7.47. The quantitative estimate of drug-likeness (QED) is 0.383. The second-order valence-corrected chi connectivity index (χ2v) is 6.80. The van der Waals surface area contributed by atoms with Gasteiger partial charge in [0.25, 0.3) is 0 Å². The summed E-state index contributed by atoms with van der Waals surface area (Å²) in [5.74, 6) is 0.741. The molecule has 2 heterocycles. The zero-order chi connectivity index (χ0) is 19.7. The van der Waals surface area contributed by atoms with Gasteiger partial charge in [-0.15, -0.1) is 0 Å². The molecule has 0 fully saturated rings. The summed E-state index contributed by atoms with van der Waals surface area (Å²) in [5, 5.41) is 11.0. The van der Waals surface area contributed by atoms with Gasteiger partial charge in [-0.1, -0.05) is 41.4 Å². The summed E-state index contributed by atoms with van der Waals surface area (Å²) < 4.78 is 5.20. The van der Waals surface area contributed by atoms with Crippen molar-refractivity contribution < 1.29 is 4.74 Å². The van der Waals surface area contributed by atoms with E-state index in [1.54, 1.807) is 7.11 Å². The molecule has 0 aliphatic heterocycles. The average molecular weight is 406 g/mol. The Morgan fingerprint density at radius 2 is 1.64 bits per heavy atom. The molecule has 0 N–H and O–H groups in total. The zero-order valence-electron chi connectivity index (χ0n) is 14.8. The molecule has 28 heavy (non-hydrogen) atoms. The van der Waals surface area contributed by atoms with Crippen molar-refractivity contribution in [3.05, 3.63) is 76.5 Å². The number of halogens is 2. The highest BCUT2D eigenvalue weighted by molar-refractivity contribution is 6.33. The fourth-order valence-electron chi connectivity index (χ4n) is 3.02. The predicted octanol–water partition coefficient (Wildman–Crippen LogP) is 6.15. The van der Waals surface area contributed by atoms with Gasteiger partial charge in [0.15, 0.2) is 0 Å². The van der Waals surface area contributed by atoms with Crippen LogP contribution in [0.3, 0.4) is 0 Å². The maximum absolute atomic E-state index is 9.64. The minimum absolute atomic E-state index is 0.120. The molecule has 136 valence electrons. The van der Waals surface area contributed by atoms with Crippen molar-refractivity contribution in [1.29, 1.82) is 5.26 Å². The van der Waals surface area contributed by atoms with E-state index in [-0.39, 0.29) is 10.7 Å². The third-order valence-corrected chi connectivity index (χ3v) is 5.00. The molecule has 4 aromatic rings. The number of rotatable bonds is 3. The van der Waals surface area contributed by atoms with Crippen LogP contribution in [0.25, 0.3) is 33.3 Å². The van der Waals surface area contributed by atoms with Gasteiger partial charge in [-0.3, -0.25) is 0 Å². The molecule has 0 amide bonds. The largest absolute Gasteiger partial charge is 0.497 e. The van der Waals surface area contributed by atoms with Crippen molar-refractivity contribution in [2.45, 2.75) is 0 Å². The standard InChI is InChI=1S/C22H13Cl2N3O/c1-28-15-8-6-13(7-9-15)20-11-16(18(12-25)22(24)27-20)17-10-14-4-2-3-5-19(14)26-21(17)23/h2-11H,1H3. The number of nitrogens with zero attached hydrogens (tertiary/aromatic N) is 3. The molecule has 4 nitrogen and oxygen atoms in total. The molecule has 0 aliphatic rings. The maximum atomic E-state index is 9.64. The third-order valence-electron chi connectivity index (χ3n) is 4.44. The average Bonchev–Trinajstić information content (AvgIpc) is 2.72. The lowest BCUT2D eigenvalue weighted by molar-refractivity contribution is 0.415. The van der Waals surface area contributed by atoms with Crippen LogP contribution in [0.2, 0.25) is 10.3 Å². The van der Waals surface area contributed by atoms with Crippen molar-refractivity contribution in [3.8, 4) is 34.2 Å². The van der Waals surface area contributed by atoms with Crippen molar-refractivity contribution >= 4 is 34.1 Å². The Morgan fingerprint density at radius 3 is 2.36 bits per heavy atom. The van der Waals surface area contributed by atoms with Crippen LogP contribution in [0, 0.1) is 11.3 Å². The lowest BCUT2D eigenvalue weighted by Crippen LogP contribution is -1.95. The molecule has 6 heteroatoms. The predicted molar refractivity (Wildman–Crippen MR) is 112 cm³/mol. The minimum atomic E-state index is 0.120. The number of methoxy groups -OCH3 is 1. The number of para-hydroxylation sites is 1. The van der Waals surface area contributed by atoms with Crippen molar-refractivity contribution in [2.75, 3.05) is 7.11 Å². The van der Waals surface area contributed by atoms with Gasteiger partial charge in [0.2, 0.25) is 0 Å². The molecule has 2 aromatic carbocycles. The lowest BCUT2D eigenvalue weighted by atomic mass is 9.99. The summed E-state index contributed by atoms with van der Waals surface area (Å²) in [6.45, 7) is 0. The fraction of sp³-hybridized carbons (Fsp3) is 0.0455. The minimum Gasteiger partial charge on any atom is -0.497 e. The first kappa shape index (κ1) is 18.2. The molecular formula is C22H13Cl2N3O. The van der Waals surface area contributed by atoms with E-state index >= 15 is 0 Å². The van der Waals surface area contributed by atoms with E-state index in [0.29, 0.717) is 22.0 Å². The van der Waals surface area contributed by atoms with Crippen LogP contribution in [0.1, 0.15) is 5.56 Å². The Hall–Kier alpha value is -3.13. The number of pyridine rings is 2. The van der Waals surface area contributed by atoms with E-state index < -0.39 is 0 Å². The smallest absolute Gasteiger partial charge is 0.148 e. The topological polar surface area (TPSA) is 58.8 Å². The van der Waals surface area contributed by atoms with E-state index in [1.807, 2.05) is 60.7 Å². The molecule has 0 radical (unpaired) electrons. The number of nitriles is 1. The molecule has 4 rings (SSSR count). The van der Waals surface area contributed by atoms with Crippen LogP contribution in [0.4, 0.5) is 0 Å². The Kier molecular flexibility index (Phi) is 4.87. The summed E-state index contributed by atoms with van der Waals surface area (Å²) in [4.78, 5) is 8.84. The number of fused-ring (bicyclic) bond motifs is 1. The van der Waals surface area contributed by atoms with E-state index in [2.05, 4.69) is 16.0 Å². The molecule has 0 bridgehead atoms. The monoisotopic (exact) mass is 405 g/mol. The van der Waals surface area contributed by atoms with Crippen LogP contribution in [-0.4, -0.2) is 17.1 Å². The lowest BCUT2D eigenvalue weighted by Gasteiger charge is -2.12. The van der Waals surface area contributed by atoms with Crippen LogP contribution in [0.5, 0.6) is 5.75 Å². The summed E-state index contributed by atoms with van der Waals surface area (Å²) in [7, 11) is 1.61. The summed E-state index contributed by atoms with van der Waals surface area (Å²) >= 11 is 12.8. The number of hydrogen-bond acceptors (Lipinski definition) is 4. The molecular weight excluding hydrogens is 393 g/mol. The molecule has 0 unspecified atom stereocenters. The van der Waals surface area contributed by atoms with Crippen molar-refractivity contribution in [3.63, 3.8) is 0 Å². The fourth-order valence-corrected chi connectivity index (χ4v) is 3.51. The maximum Gasteiger partial charge on any atom is 0.148 e. The summed E-state index contributed by atoms with van der Waals surface area (Å²) in [5.41, 5.74) is 3.75. The first-order valence-electron chi connectivity index (χ1n) is 8.41. The molecule has 0 saturated carbocycles. The SMILES string of the molecule is COc1ccc(-c2cc(-c3cc4ccccc4nc3Cl)c(C#N)c(Cl)n2)cc1. The molecule has 0 aliphatic carbocycles. The van der Waals surface area contributed by atoms with Crippen LogP contribution in [0.15, 0.2) is 60.7 Å². The third kappa shape index (κ3) is 3.27. The molecule has 2 aromatic heterocycles. The van der Waals surface area contributed by atoms with Gasteiger partial charge < -0.3 is 4.74 Å². The van der Waals surface area contributed by atoms with E-state index in [4.69, 9.17) is 27.9 Å². The second-order valence-electron chi connectivity index (χ2n) is 6.08. The van der Waals surface area contributed by atoms with Crippen molar-refractivity contribution in [1.82, 2.24) is 9.97 Å². The number of hydrogen-bond donors (Lipinski definition) is 0. The summed E-state index contributed by atoms with van der Waals surface area (Å²) in [6.07, 6.45) is 0. The van der Waals surface area contributed by atoms with Gasteiger partial charge in [0.05, 0.1) is 23.9 Å². The number of ether oxygens (including phenoxy) is 1. The van der Waals surface area contributed by atoms with Gasteiger partial charge in [-0.25, -0.2) is 9.97 Å². The highest BCUT2D eigenvalue weighted by Crippen LogP contribution is 2.36. The van der Waals surface area contributed by atoms with Gasteiger partial charge >= 0.3 is 0 Å². The van der Waals surface area contributed by atoms with Crippen LogP contribution in [-0.2, 0) is 0 Å². The normalized spacial score (nSPS) is 10.6. The Labute approximate surface area is 172 Å². The highest BCUT2D eigenvalue weighted by atomic mass is 35.5. The van der Waals surface area contributed by atoms with E-state index in [9.17, 15) is 5.26 Å². The van der Waals surface area contributed by atoms with Gasteiger partial charge in [-0.05, 0) is 42.5 Å². The molecule has 0 spiro atoms. The van der Waals surface area contributed by atoms with Gasteiger partial charge in [0, 0.05) is 22.1 Å². The first-order chi connectivity index (χ1) is 13.6. The van der Waals surface area contributed by atoms with E-state index in [0.717, 1.165) is 22.2 Å². The van der Waals surface area contributed by atoms with Gasteiger partial charge in [-0.2, -0.15) is 5.26 Å². The van der Waals surface area contributed by atoms with Crippen LogP contribution >= 0.6 is 23.2 Å². The van der Waals surface area contributed by atoms with Gasteiger partial charge in [0.1, 0.15) is 22.1 Å². The Morgan fingerprint density at radius 1 is 0.893 bits per heavy atom. The Bertz CT molecular complexity index is 1230. The molecule has 0 atom stereocenters. The van der Waals surface area contributed by atoms with Crippen LogP contribution < -0.4 is 4.74 Å². The van der Waals surface area contributed by atoms with E-state index in [1.165, 1.54) is 0 Å². The number of benzene rings is 2. The zero-order valence-corrected chi connectivity index (χ0v) is 16.3. The van der Waals surface area contributed by atoms with Crippen molar-refractivity contribution in [2.24, 2.45) is 0 Å². The molecule has 0 saturated heterocycles. The Balaban J connectivity index is 1.94. The summed E-state index contributed by atoms with van der Waals surface area (Å²) in [6, 6.07) is 21.0. The first-order valence-corrected chi connectivity index (χ1v) is 9.17.